The molecule has 0 radical (unpaired) electrons. The van der Waals surface area contributed by atoms with Gasteiger partial charge in [0.2, 0.25) is 10.0 Å². The van der Waals surface area contributed by atoms with Crippen LogP contribution in [-0.4, -0.2) is 35.2 Å². The average Bonchev–Trinajstić information content (AvgIpc) is 2.13. The van der Waals surface area contributed by atoms with Gasteiger partial charge in [-0.3, -0.25) is 4.79 Å². The number of sulfonamides is 1. The molecule has 0 aliphatic carbocycles. The van der Waals surface area contributed by atoms with Crippen molar-refractivity contribution in [3.8, 4) is 0 Å². The lowest BCUT2D eigenvalue weighted by molar-refractivity contribution is -0.134. The third kappa shape index (κ3) is 4.32. The van der Waals surface area contributed by atoms with Crippen molar-refractivity contribution in [2.75, 3.05) is 5.75 Å². The molecule has 1 heterocycles. The molecule has 0 saturated heterocycles. The van der Waals surface area contributed by atoms with E-state index in [0.29, 0.717) is 11.5 Å². The van der Waals surface area contributed by atoms with Gasteiger partial charge in [0, 0.05) is 6.20 Å². The van der Waals surface area contributed by atoms with E-state index in [1.54, 1.807) is 13.0 Å². The number of nitrogens with one attached hydrogen (secondary N) is 1. The van der Waals surface area contributed by atoms with Crippen LogP contribution in [0.5, 0.6) is 0 Å². The number of carboxylic acid groups (broad SMARTS) is 1. The van der Waals surface area contributed by atoms with Gasteiger partial charge in [-0.25, -0.2) is 23.1 Å². The summed E-state index contributed by atoms with van der Waals surface area (Å²) in [7, 11) is -3.80. The summed E-state index contributed by atoms with van der Waals surface area (Å²) in [5.41, 5.74) is 0.487. The van der Waals surface area contributed by atoms with Crippen molar-refractivity contribution in [2.24, 2.45) is 0 Å². The van der Waals surface area contributed by atoms with Gasteiger partial charge in [-0.2, -0.15) is 0 Å². The summed E-state index contributed by atoms with van der Waals surface area (Å²) in [5, 5.41) is 8.35. The molecule has 0 aliphatic rings. The molecule has 2 N–H and O–H groups in total. The molecule has 0 bridgehead atoms. The first-order valence-corrected chi connectivity index (χ1v) is 6.02. The largest absolute Gasteiger partial charge is 0.480 e. The molecular weight excluding hydrogens is 234 g/mol. The number of aromatic nitrogens is 2. The first-order chi connectivity index (χ1) is 7.39. The Kier molecular flexibility index (Phi) is 3.91. The van der Waals surface area contributed by atoms with E-state index >= 15 is 0 Å². The van der Waals surface area contributed by atoms with E-state index < -0.39 is 21.7 Å². The zero-order chi connectivity index (χ0) is 12.2. The van der Waals surface area contributed by atoms with Crippen molar-refractivity contribution < 1.29 is 18.3 Å². The van der Waals surface area contributed by atoms with Crippen LogP contribution in [0.15, 0.2) is 12.3 Å². The second-order valence-electron chi connectivity index (χ2n) is 3.07. The van der Waals surface area contributed by atoms with Crippen LogP contribution in [0.25, 0.3) is 0 Å². The number of hydrogen-bond acceptors (Lipinski definition) is 5. The Hall–Kier alpha value is -1.54. The van der Waals surface area contributed by atoms with Crippen LogP contribution in [0.4, 0.5) is 0 Å². The first kappa shape index (κ1) is 12.5. The van der Waals surface area contributed by atoms with Gasteiger partial charge >= 0.3 is 5.97 Å². The fraction of sp³-hybridized carbons (Fsp3) is 0.375. The van der Waals surface area contributed by atoms with Crippen LogP contribution in [0.1, 0.15) is 11.5 Å². The maximum absolute atomic E-state index is 11.2. The van der Waals surface area contributed by atoms with Crippen LogP contribution >= 0.6 is 0 Å². The van der Waals surface area contributed by atoms with Crippen molar-refractivity contribution in [3.05, 3.63) is 23.8 Å². The van der Waals surface area contributed by atoms with E-state index in [-0.39, 0.29) is 6.54 Å². The smallest absolute Gasteiger partial charge is 0.320 e. The van der Waals surface area contributed by atoms with Crippen molar-refractivity contribution in [1.29, 1.82) is 0 Å². The van der Waals surface area contributed by atoms with Gasteiger partial charge in [0.15, 0.2) is 5.75 Å². The molecular formula is C8H11N3O4S. The zero-order valence-electron chi connectivity index (χ0n) is 8.54. The molecule has 16 heavy (non-hydrogen) atoms. The van der Waals surface area contributed by atoms with E-state index in [9.17, 15) is 13.2 Å². The number of rotatable bonds is 5. The summed E-state index contributed by atoms with van der Waals surface area (Å²) in [6.45, 7) is 1.63. The second-order valence-corrected chi connectivity index (χ2v) is 4.88. The molecule has 0 aromatic carbocycles. The van der Waals surface area contributed by atoms with Gasteiger partial charge in [0.1, 0.15) is 5.82 Å². The minimum Gasteiger partial charge on any atom is -0.480 e. The molecule has 0 fully saturated rings. The Labute approximate surface area is 92.6 Å². The molecule has 1 aromatic rings. The number of carbonyl (C=O) groups is 1. The fourth-order valence-corrected chi connectivity index (χ4v) is 1.80. The van der Waals surface area contributed by atoms with Crippen LogP contribution in [0.2, 0.25) is 0 Å². The summed E-state index contributed by atoms with van der Waals surface area (Å²) in [5.74, 6) is -1.82. The number of hydrogen-bond donors (Lipinski definition) is 2. The summed E-state index contributed by atoms with van der Waals surface area (Å²) >= 11 is 0. The molecule has 88 valence electrons. The summed E-state index contributed by atoms with van der Waals surface area (Å²) in [6, 6.07) is 1.55. The molecule has 0 aliphatic heterocycles. The summed E-state index contributed by atoms with van der Waals surface area (Å²) < 4.78 is 24.5. The highest BCUT2D eigenvalue weighted by Gasteiger charge is 2.15. The Morgan fingerprint density at radius 2 is 2.25 bits per heavy atom. The van der Waals surface area contributed by atoms with Gasteiger partial charge in [-0.1, -0.05) is 0 Å². The van der Waals surface area contributed by atoms with E-state index in [4.69, 9.17) is 5.11 Å². The Morgan fingerprint density at radius 1 is 1.56 bits per heavy atom. The highest BCUT2D eigenvalue weighted by atomic mass is 32.2. The van der Waals surface area contributed by atoms with Crippen LogP contribution in [0.3, 0.4) is 0 Å². The summed E-state index contributed by atoms with van der Waals surface area (Å²) in [6.07, 6.45) is 1.50. The molecule has 0 atom stereocenters. The van der Waals surface area contributed by atoms with Crippen molar-refractivity contribution in [3.63, 3.8) is 0 Å². The van der Waals surface area contributed by atoms with Gasteiger partial charge in [0.25, 0.3) is 0 Å². The maximum atomic E-state index is 11.2. The molecule has 0 amide bonds. The fourth-order valence-electron chi connectivity index (χ4n) is 1.00. The standard InChI is InChI=1S/C8H11N3O4S/c1-6-9-3-2-7(11-6)4-10-16(14,15)5-8(12)13/h2-3,10H,4-5H2,1H3,(H,12,13). The summed E-state index contributed by atoms with van der Waals surface area (Å²) in [4.78, 5) is 18.1. The minimum atomic E-state index is -3.80. The van der Waals surface area contributed by atoms with E-state index in [1.807, 2.05) is 0 Å². The minimum absolute atomic E-state index is 0.0427. The highest BCUT2D eigenvalue weighted by molar-refractivity contribution is 7.90. The number of aliphatic carboxylic acids is 1. The predicted octanol–water partition coefficient (Wildman–Crippen LogP) is -0.711. The number of nitrogens with zero attached hydrogens (tertiary/aromatic N) is 2. The lowest BCUT2D eigenvalue weighted by atomic mass is 10.4. The van der Waals surface area contributed by atoms with Crippen molar-refractivity contribution in [2.45, 2.75) is 13.5 Å². The highest BCUT2D eigenvalue weighted by Crippen LogP contribution is 1.95. The maximum Gasteiger partial charge on any atom is 0.320 e. The number of aryl methyl sites for hydroxylation is 1. The lowest BCUT2D eigenvalue weighted by Gasteiger charge is -2.04. The normalized spacial score (nSPS) is 11.3. The third-order valence-corrected chi connectivity index (χ3v) is 2.83. The SMILES string of the molecule is Cc1nccc(CNS(=O)(=O)CC(=O)O)n1. The topological polar surface area (TPSA) is 109 Å². The second kappa shape index (κ2) is 4.99. The lowest BCUT2D eigenvalue weighted by Crippen LogP contribution is -2.29. The molecule has 0 unspecified atom stereocenters. The molecule has 0 saturated carbocycles. The van der Waals surface area contributed by atoms with Crippen LogP contribution in [0, 0.1) is 6.92 Å². The van der Waals surface area contributed by atoms with Crippen molar-refractivity contribution in [1.82, 2.24) is 14.7 Å². The quantitative estimate of drug-likeness (QED) is 0.709. The number of carboxylic acids is 1. The predicted molar refractivity (Wildman–Crippen MR) is 55.0 cm³/mol. The van der Waals surface area contributed by atoms with E-state index in [2.05, 4.69) is 14.7 Å². The zero-order valence-corrected chi connectivity index (χ0v) is 9.36. The molecule has 7 nitrogen and oxygen atoms in total. The van der Waals surface area contributed by atoms with E-state index in [1.165, 1.54) is 6.20 Å². The van der Waals surface area contributed by atoms with Crippen LogP contribution in [-0.2, 0) is 21.4 Å². The van der Waals surface area contributed by atoms with Gasteiger partial charge in [-0.05, 0) is 13.0 Å². The van der Waals surface area contributed by atoms with Gasteiger partial charge in [0.05, 0.1) is 12.2 Å². The molecule has 0 spiro atoms. The third-order valence-electron chi connectivity index (χ3n) is 1.62. The molecule has 8 heteroatoms. The first-order valence-electron chi connectivity index (χ1n) is 4.37. The molecule has 1 rings (SSSR count). The molecule has 1 aromatic heterocycles. The Bertz CT molecular complexity index is 486. The Balaban J connectivity index is 2.61. The van der Waals surface area contributed by atoms with Gasteiger partial charge < -0.3 is 5.11 Å². The van der Waals surface area contributed by atoms with Crippen LogP contribution < -0.4 is 4.72 Å². The van der Waals surface area contributed by atoms with Gasteiger partial charge in [-0.15, -0.1) is 0 Å². The Morgan fingerprint density at radius 3 is 2.81 bits per heavy atom. The van der Waals surface area contributed by atoms with E-state index in [0.717, 1.165) is 0 Å². The average molecular weight is 245 g/mol. The van der Waals surface area contributed by atoms with Crippen molar-refractivity contribution >= 4 is 16.0 Å². The monoisotopic (exact) mass is 245 g/mol.